The summed E-state index contributed by atoms with van der Waals surface area (Å²) in [6.45, 7) is 12.7. The van der Waals surface area contributed by atoms with Gasteiger partial charge in [-0.05, 0) is 37.2 Å². The smallest absolute Gasteiger partial charge is 0.188 e. The molecule has 0 aliphatic carbocycles. The third kappa shape index (κ3) is 6.83. The van der Waals surface area contributed by atoms with Gasteiger partial charge < -0.3 is 25.6 Å². The van der Waals surface area contributed by atoms with Crippen molar-refractivity contribution in [2.75, 3.05) is 77.0 Å². The van der Waals surface area contributed by atoms with E-state index in [-0.39, 0.29) is 5.82 Å². The number of hydrogen-bond donors (Lipinski definition) is 2. The normalized spacial score (nSPS) is 19.5. The highest BCUT2D eigenvalue weighted by atomic mass is 19.1. The summed E-state index contributed by atoms with van der Waals surface area (Å²) in [5, 5.41) is 3.14. The second-order valence-electron chi connectivity index (χ2n) is 7.64. The molecule has 0 spiro atoms. The van der Waals surface area contributed by atoms with E-state index in [1.54, 1.807) is 6.07 Å². The van der Waals surface area contributed by atoms with Crippen LogP contribution in [0.15, 0.2) is 23.2 Å². The van der Waals surface area contributed by atoms with E-state index < -0.39 is 0 Å². The minimum Gasteiger partial charge on any atom is -0.379 e. The summed E-state index contributed by atoms with van der Waals surface area (Å²) in [6, 6.07) is 5.39. The van der Waals surface area contributed by atoms with E-state index in [0.717, 1.165) is 84.1 Å². The van der Waals surface area contributed by atoms with E-state index in [1.807, 2.05) is 12.1 Å². The molecule has 0 bridgehead atoms. The number of piperazine rings is 1. The molecule has 2 aliphatic rings. The zero-order valence-corrected chi connectivity index (χ0v) is 17.6. The minimum absolute atomic E-state index is 0.181. The van der Waals surface area contributed by atoms with Gasteiger partial charge in [0.1, 0.15) is 5.82 Å². The van der Waals surface area contributed by atoms with Crippen molar-refractivity contribution in [2.24, 2.45) is 10.7 Å². The lowest BCUT2D eigenvalue weighted by molar-refractivity contribution is 0.0376. The van der Waals surface area contributed by atoms with E-state index in [2.05, 4.69) is 31.9 Å². The number of rotatable bonds is 8. The van der Waals surface area contributed by atoms with Crippen LogP contribution in [-0.4, -0.2) is 87.9 Å². The summed E-state index contributed by atoms with van der Waals surface area (Å²) < 4.78 is 19.9. The van der Waals surface area contributed by atoms with Crippen LogP contribution in [0.4, 0.5) is 10.1 Å². The van der Waals surface area contributed by atoms with Crippen molar-refractivity contribution in [3.8, 4) is 0 Å². The van der Waals surface area contributed by atoms with E-state index in [0.29, 0.717) is 18.2 Å². The van der Waals surface area contributed by atoms with Crippen molar-refractivity contribution < 1.29 is 9.13 Å². The first-order valence-electron chi connectivity index (χ1n) is 10.8. The predicted octanol–water partition coefficient (Wildman–Crippen LogP) is 1.09. The van der Waals surface area contributed by atoms with Gasteiger partial charge in [-0.25, -0.2) is 9.38 Å². The molecule has 0 amide bonds. The summed E-state index contributed by atoms with van der Waals surface area (Å²) in [7, 11) is 0. The molecule has 0 atom stereocenters. The lowest BCUT2D eigenvalue weighted by Gasteiger charge is -2.35. The van der Waals surface area contributed by atoms with Gasteiger partial charge in [0, 0.05) is 45.8 Å². The molecule has 0 unspecified atom stereocenters. The summed E-state index contributed by atoms with van der Waals surface area (Å²) in [5.41, 5.74) is 7.46. The van der Waals surface area contributed by atoms with Crippen molar-refractivity contribution in [1.29, 1.82) is 0 Å². The molecule has 0 saturated carbocycles. The van der Waals surface area contributed by atoms with E-state index >= 15 is 0 Å². The van der Waals surface area contributed by atoms with Crippen LogP contribution in [0.2, 0.25) is 0 Å². The Morgan fingerprint density at radius 3 is 2.59 bits per heavy atom. The topological polar surface area (TPSA) is 69.4 Å². The number of nitrogens with two attached hydrogens (primary N) is 1. The monoisotopic (exact) mass is 406 g/mol. The first-order chi connectivity index (χ1) is 14.2. The third-order valence-corrected chi connectivity index (χ3v) is 5.67. The van der Waals surface area contributed by atoms with Gasteiger partial charge >= 0.3 is 0 Å². The van der Waals surface area contributed by atoms with Crippen LogP contribution in [0.1, 0.15) is 18.9 Å². The Bertz CT molecular complexity index is 657. The molecular weight excluding hydrogens is 371 g/mol. The number of benzene rings is 1. The number of hydrogen-bond acceptors (Lipinski definition) is 5. The number of morpholine rings is 1. The van der Waals surface area contributed by atoms with Crippen LogP contribution < -0.4 is 16.0 Å². The molecule has 2 aliphatic heterocycles. The highest BCUT2D eigenvalue weighted by Crippen LogP contribution is 2.22. The fourth-order valence-corrected chi connectivity index (χ4v) is 3.79. The second-order valence-corrected chi connectivity index (χ2v) is 7.64. The molecular formula is C21H35FN6O. The van der Waals surface area contributed by atoms with Crippen LogP contribution in [0.3, 0.4) is 0 Å². The molecule has 1 aromatic rings. The minimum atomic E-state index is -0.181. The van der Waals surface area contributed by atoms with Crippen molar-refractivity contribution >= 4 is 11.6 Å². The zero-order chi connectivity index (χ0) is 20.5. The van der Waals surface area contributed by atoms with Gasteiger partial charge in [-0.2, -0.15) is 0 Å². The van der Waals surface area contributed by atoms with E-state index in [4.69, 9.17) is 10.5 Å². The SMILES string of the molecule is CCN1CCN(c2ccc(CN=C(N)NCCCN3CCOCC3)cc2F)CC1. The third-order valence-electron chi connectivity index (χ3n) is 5.67. The molecule has 2 heterocycles. The van der Waals surface area contributed by atoms with Crippen molar-refractivity contribution in [3.63, 3.8) is 0 Å². The van der Waals surface area contributed by atoms with Crippen molar-refractivity contribution in [2.45, 2.75) is 19.9 Å². The molecule has 29 heavy (non-hydrogen) atoms. The molecule has 3 rings (SSSR count). The van der Waals surface area contributed by atoms with Gasteiger partial charge in [-0.1, -0.05) is 13.0 Å². The first-order valence-corrected chi connectivity index (χ1v) is 10.8. The largest absolute Gasteiger partial charge is 0.379 e. The number of halogens is 1. The van der Waals surface area contributed by atoms with E-state index in [9.17, 15) is 4.39 Å². The number of likely N-dealkylation sites (N-methyl/N-ethyl adjacent to an activating group) is 1. The van der Waals surface area contributed by atoms with E-state index in [1.165, 1.54) is 0 Å². The van der Waals surface area contributed by atoms with Crippen molar-refractivity contribution in [3.05, 3.63) is 29.6 Å². The summed E-state index contributed by atoms with van der Waals surface area (Å²) in [5.74, 6) is 0.229. The Labute approximate surface area is 173 Å². The number of guanidine groups is 1. The average molecular weight is 407 g/mol. The highest BCUT2D eigenvalue weighted by molar-refractivity contribution is 5.77. The van der Waals surface area contributed by atoms with Gasteiger partial charge in [0.2, 0.25) is 0 Å². The summed E-state index contributed by atoms with van der Waals surface area (Å²) in [6.07, 6.45) is 1.00. The number of ether oxygens (including phenoxy) is 1. The van der Waals surface area contributed by atoms with Gasteiger partial charge in [-0.3, -0.25) is 4.90 Å². The van der Waals surface area contributed by atoms with Gasteiger partial charge in [-0.15, -0.1) is 0 Å². The summed E-state index contributed by atoms with van der Waals surface area (Å²) >= 11 is 0. The molecule has 0 aromatic heterocycles. The maximum absolute atomic E-state index is 14.6. The lowest BCUT2D eigenvalue weighted by Crippen LogP contribution is -2.46. The number of anilines is 1. The first kappa shape index (κ1) is 21.8. The van der Waals surface area contributed by atoms with Crippen LogP contribution in [0, 0.1) is 5.82 Å². The molecule has 8 heteroatoms. The Kier molecular flexibility index (Phi) is 8.52. The average Bonchev–Trinajstić information content (AvgIpc) is 2.76. The molecule has 3 N–H and O–H groups in total. The van der Waals surface area contributed by atoms with Crippen LogP contribution in [0.25, 0.3) is 0 Å². The maximum Gasteiger partial charge on any atom is 0.188 e. The fourth-order valence-electron chi connectivity index (χ4n) is 3.79. The zero-order valence-electron chi connectivity index (χ0n) is 17.6. The lowest BCUT2D eigenvalue weighted by atomic mass is 10.1. The maximum atomic E-state index is 14.6. The van der Waals surface area contributed by atoms with Gasteiger partial charge in [0.15, 0.2) is 5.96 Å². The number of nitrogens with one attached hydrogen (secondary N) is 1. The van der Waals surface area contributed by atoms with Crippen molar-refractivity contribution in [1.82, 2.24) is 15.1 Å². The fraction of sp³-hybridized carbons (Fsp3) is 0.667. The second kappa shape index (κ2) is 11.3. The molecule has 0 radical (unpaired) electrons. The number of nitrogens with zero attached hydrogens (tertiary/aromatic N) is 4. The number of aliphatic imine (C=N–C) groups is 1. The Balaban J connectivity index is 1.40. The predicted molar refractivity (Wildman–Crippen MR) is 116 cm³/mol. The molecule has 7 nitrogen and oxygen atoms in total. The Morgan fingerprint density at radius 1 is 1.14 bits per heavy atom. The molecule has 1 aromatic carbocycles. The molecule has 2 fully saturated rings. The standard InChI is InChI=1S/C21H35FN6O/c1-2-26-8-10-28(11-9-26)20-5-4-18(16-19(20)22)17-25-21(23)24-6-3-7-27-12-14-29-15-13-27/h4-5,16H,2-3,6-15,17H2,1H3,(H3,23,24,25). The van der Waals surface area contributed by atoms with Crippen LogP contribution in [-0.2, 0) is 11.3 Å². The van der Waals surface area contributed by atoms with Gasteiger partial charge in [0.05, 0.1) is 25.4 Å². The molecule has 162 valence electrons. The molecule has 2 saturated heterocycles. The van der Waals surface area contributed by atoms with Gasteiger partial charge in [0.25, 0.3) is 0 Å². The van der Waals surface area contributed by atoms with Crippen LogP contribution in [0.5, 0.6) is 0 Å². The quantitative estimate of drug-likeness (QED) is 0.383. The highest BCUT2D eigenvalue weighted by Gasteiger charge is 2.18. The Morgan fingerprint density at radius 2 is 1.90 bits per heavy atom. The summed E-state index contributed by atoms with van der Waals surface area (Å²) in [4.78, 5) is 11.2. The Hall–Kier alpha value is -1.90. The van der Waals surface area contributed by atoms with Crippen LogP contribution >= 0.6 is 0 Å².